The van der Waals surface area contributed by atoms with E-state index in [-0.39, 0.29) is 18.1 Å². The summed E-state index contributed by atoms with van der Waals surface area (Å²) < 4.78 is 26.7. The predicted molar refractivity (Wildman–Crippen MR) is 82.0 cm³/mol. The van der Waals surface area contributed by atoms with Gasteiger partial charge in [-0.25, -0.2) is 8.78 Å². The van der Waals surface area contributed by atoms with E-state index in [1.54, 1.807) is 11.3 Å². The molecule has 6 heteroatoms. The highest BCUT2D eigenvalue weighted by atomic mass is 32.1. The smallest absolute Gasteiger partial charge is 0.279 e. The molecule has 22 heavy (non-hydrogen) atoms. The van der Waals surface area contributed by atoms with Crippen molar-refractivity contribution in [2.75, 3.05) is 18.4 Å². The van der Waals surface area contributed by atoms with E-state index in [1.165, 1.54) is 9.78 Å². The van der Waals surface area contributed by atoms with Crippen LogP contribution in [0.5, 0.6) is 0 Å². The molecule has 1 aliphatic rings. The van der Waals surface area contributed by atoms with E-state index in [0.717, 1.165) is 37.6 Å². The molecule has 2 aromatic rings. The van der Waals surface area contributed by atoms with Crippen molar-refractivity contribution < 1.29 is 18.5 Å². The number of carbonyl (C=O) groups excluding carboxylic acids is 1. The van der Waals surface area contributed by atoms with Crippen LogP contribution in [-0.2, 0) is 4.79 Å². The summed E-state index contributed by atoms with van der Waals surface area (Å²) in [5.41, 5.74) is -0.101. The number of hydrogen-bond donors (Lipinski definition) is 2. The van der Waals surface area contributed by atoms with Crippen molar-refractivity contribution in [3.8, 4) is 0 Å². The van der Waals surface area contributed by atoms with Crippen LogP contribution >= 0.6 is 11.3 Å². The lowest BCUT2D eigenvalue weighted by Crippen LogP contribution is -3.11. The van der Waals surface area contributed by atoms with Crippen LogP contribution in [0.4, 0.5) is 14.5 Å². The highest BCUT2D eigenvalue weighted by Gasteiger charge is 2.32. The molecular weight excluding hydrogens is 306 g/mol. The van der Waals surface area contributed by atoms with Crippen LogP contribution in [-0.4, -0.2) is 19.0 Å². The Bertz CT molecular complexity index is 660. The van der Waals surface area contributed by atoms with Crippen LogP contribution in [0.25, 0.3) is 0 Å². The summed E-state index contributed by atoms with van der Waals surface area (Å²) in [7, 11) is 0. The Hall–Kier alpha value is -1.79. The van der Waals surface area contributed by atoms with E-state index in [2.05, 4.69) is 11.4 Å². The third-order valence-corrected chi connectivity index (χ3v) is 4.95. The Morgan fingerprint density at radius 3 is 3.00 bits per heavy atom. The minimum Gasteiger partial charge on any atom is -0.320 e. The number of thiophene rings is 1. The van der Waals surface area contributed by atoms with Gasteiger partial charge in [-0.1, -0.05) is 6.07 Å². The zero-order valence-corrected chi connectivity index (χ0v) is 12.8. The first-order valence-electron chi connectivity index (χ1n) is 7.26. The molecule has 2 heterocycles. The number of likely N-dealkylation sites (tertiary alicyclic amines) is 1. The normalized spacial score (nSPS) is 21.0. The molecular formula is C16H17F2N2OS+. The molecule has 1 unspecified atom stereocenters. The van der Waals surface area contributed by atoms with Crippen molar-refractivity contribution in [1.82, 2.24) is 0 Å². The lowest BCUT2D eigenvalue weighted by atomic mass is 10.2. The first-order valence-corrected chi connectivity index (χ1v) is 8.14. The van der Waals surface area contributed by atoms with Crippen molar-refractivity contribution in [2.24, 2.45) is 0 Å². The van der Waals surface area contributed by atoms with Gasteiger partial charge in [0.1, 0.15) is 17.7 Å². The van der Waals surface area contributed by atoms with Gasteiger partial charge in [0.25, 0.3) is 5.91 Å². The van der Waals surface area contributed by atoms with E-state index < -0.39 is 11.6 Å². The first-order chi connectivity index (χ1) is 10.6. The summed E-state index contributed by atoms with van der Waals surface area (Å²) in [6.45, 7) is 1.18. The Morgan fingerprint density at radius 1 is 1.36 bits per heavy atom. The summed E-state index contributed by atoms with van der Waals surface area (Å²) in [5, 5.41) is 4.51. The van der Waals surface area contributed by atoms with E-state index in [1.807, 2.05) is 11.4 Å². The summed E-state index contributed by atoms with van der Waals surface area (Å²) in [4.78, 5) is 14.6. The zero-order chi connectivity index (χ0) is 15.5. The lowest BCUT2D eigenvalue weighted by Gasteiger charge is -2.20. The molecule has 116 valence electrons. The molecule has 0 saturated carbocycles. The van der Waals surface area contributed by atoms with Gasteiger partial charge in [0.15, 0.2) is 6.54 Å². The third-order valence-electron chi connectivity index (χ3n) is 3.96. The van der Waals surface area contributed by atoms with Crippen LogP contribution in [0.2, 0.25) is 0 Å². The highest BCUT2D eigenvalue weighted by molar-refractivity contribution is 7.10. The van der Waals surface area contributed by atoms with Crippen LogP contribution in [0.15, 0.2) is 35.7 Å². The molecule has 2 atom stereocenters. The van der Waals surface area contributed by atoms with E-state index in [9.17, 15) is 13.6 Å². The van der Waals surface area contributed by atoms with Gasteiger partial charge in [-0.2, -0.15) is 0 Å². The zero-order valence-electron chi connectivity index (χ0n) is 11.9. The van der Waals surface area contributed by atoms with Crippen molar-refractivity contribution >= 4 is 22.9 Å². The van der Waals surface area contributed by atoms with Gasteiger partial charge in [0.05, 0.1) is 17.1 Å². The Kier molecular flexibility index (Phi) is 4.49. The van der Waals surface area contributed by atoms with E-state index >= 15 is 0 Å². The van der Waals surface area contributed by atoms with Gasteiger partial charge in [-0.05, 0) is 23.6 Å². The molecule has 0 bridgehead atoms. The highest BCUT2D eigenvalue weighted by Crippen LogP contribution is 2.23. The maximum absolute atomic E-state index is 13.6. The quantitative estimate of drug-likeness (QED) is 0.890. The SMILES string of the molecule is O=C(C[NH+]1CCC[C@H]1c1cccs1)Nc1cc(F)ccc1F. The second-order valence-electron chi connectivity index (χ2n) is 5.47. The second-order valence-corrected chi connectivity index (χ2v) is 6.45. The van der Waals surface area contributed by atoms with Gasteiger partial charge in [0.2, 0.25) is 0 Å². The fourth-order valence-electron chi connectivity index (χ4n) is 2.95. The maximum atomic E-state index is 13.6. The Morgan fingerprint density at radius 2 is 2.23 bits per heavy atom. The summed E-state index contributed by atoms with van der Waals surface area (Å²) in [6, 6.07) is 7.47. The minimum absolute atomic E-state index is 0.101. The van der Waals surface area contributed by atoms with Crippen molar-refractivity contribution in [3.05, 3.63) is 52.2 Å². The molecule has 3 rings (SSSR count). The Labute approximate surface area is 131 Å². The molecule has 1 aromatic heterocycles. The fraction of sp³-hybridized carbons (Fsp3) is 0.312. The fourth-order valence-corrected chi connectivity index (χ4v) is 3.87. The standard InChI is InChI=1S/C16H16F2N2OS/c17-11-5-6-12(18)13(9-11)19-16(21)10-20-7-1-3-14(20)15-4-2-8-22-15/h2,4-6,8-9,14H,1,3,7,10H2,(H,19,21)/p+1/t14-/m0/s1. The van der Waals surface area contributed by atoms with Crippen LogP contribution in [0, 0.1) is 11.6 Å². The lowest BCUT2D eigenvalue weighted by molar-refractivity contribution is -0.910. The molecule has 3 nitrogen and oxygen atoms in total. The van der Waals surface area contributed by atoms with Gasteiger partial charge in [-0.15, -0.1) is 11.3 Å². The molecule has 2 N–H and O–H groups in total. The van der Waals surface area contributed by atoms with Crippen LogP contribution in [0.3, 0.4) is 0 Å². The molecule has 1 saturated heterocycles. The van der Waals surface area contributed by atoms with Gasteiger partial charge in [0, 0.05) is 18.9 Å². The average molecular weight is 323 g/mol. The Balaban J connectivity index is 1.65. The van der Waals surface area contributed by atoms with Gasteiger partial charge < -0.3 is 10.2 Å². The number of quaternary nitrogens is 1. The van der Waals surface area contributed by atoms with Crippen molar-refractivity contribution in [1.29, 1.82) is 0 Å². The molecule has 1 amide bonds. The van der Waals surface area contributed by atoms with Crippen LogP contribution in [0.1, 0.15) is 23.8 Å². The van der Waals surface area contributed by atoms with Crippen molar-refractivity contribution in [2.45, 2.75) is 18.9 Å². The molecule has 1 aromatic carbocycles. The number of hydrogen-bond acceptors (Lipinski definition) is 2. The third kappa shape index (κ3) is 3.34. The monoisotopic (exact) mass is 323 g/mol. The topological polar surface area (TPSA) is 33.5 Å². The van der Waals surface area contributed by atoms with Gasteiger partial charge in [-0.3, -0.25) is 4.79 Å². The number of amides is 1. The van der Waals surface area contributed by atoms with E-state index in [0.29, 0.717) is 6.04 Å². The number of nitrogens with one attached hydrogen (secondary N) is 2. The van der Waals surface area contributed by atoms with Crippen molar-refractivity contribution in [3.63, 3.8) is 0 Å². The number of carbonyl (C=O) groups is 1. The minimum atomic E-state index is -0.624. The molecule has 0 spiro atoms. The molecule has 0 aliphatic carbocycles. The number of benzene rings is 1. The first kappa shape index (κ1) is 15.1. The number of halogens is 2. The summed E-state index contributed by atoms with van der Waals surface area (Å²) >= 11 is 1.70. The van der Waals surface area contributed by atoms with E-state index in [4.69, 9.17) is 0 Å². The average Bonchev–Trinajstić information content (AvgIpc) is 3.13. The predicted octanol–water partition coefficient (Wildman–Crippen LogP) is 2.38. The molecule has 1 fully saturated rings. The summed E-state index contributed by atoms with van der Waals surface area (Å²) in [5.74, 6) is -1.48. The molecule has 0 radical (unpaired) electrons. The largest absolute Gasteiger partial charge is 0.320 e. The van der Waals surface area contributed by atoms with Gasteiger partial charge >= 0.3 is 0 Å². The summed E-state index contributed by atoms with van der Waals surface area (Å²) in [6.07, 6.45) is 2.12. The van der Waals surface area contributed by atoms with Crippen LogP contribution < -0.4 is 10.2 Å². The second kappa shape index (κ2) is 6.54. The number of anilines is 1. The number of rotatable bonds is 4. The maximum Gasteiger partial charge on any atom is 0.279 e. The molecule has 1 aliphatic heterocycles.